The lowest BCUT2D eigenvalue weighted by Gasteiger charge is -2.27. The van der Waals surface area contributed by atoms with Crippen molar-refractivity contribution in [2.75, 3.05) is 25.1 Å². The molecule has 1 unspecified atom stereocenters. The van der Waals surface area contributed by atoms with E-state index in [0.29, 0.717) is 6.42 Å². The molecule has 2 N–H and O–H groups in total. The van der Waals surface area contributed by atoms with E-state index >= 15 is 0 Å². The zero-order valence-corrected chi connectivity index (χ0v) is 13.5. The number of para-hydroxylation sites is 1. The lowest BCUT2D eigenvalue weighted by atomic mass is 9.97. The number of nitrogens with zero attached hydrogens (tertiary/aromatic N) is 1. The Kier molecular flexibility index (Phi) is 7.23. The maximum Gasteiger partial charge on any atom is 0.325 e. The minimum absolute atomic E-state index is 0.345. The number of nitrogens with two attached hydrogens (primary N) is 1. The molecule has 0 heterocycles. The van der Waals surface area contributed by atoms with Crippen molar-refractivity contribution in [1.82, 2.24) is 0 Å². The number of hydrogen-bond acceptors (Lipinski definition) is 4. The Morgan fingerprint density at radius 1 is 1.24 bits per heavy atom. The highest BCUT2D eigenvalue weighted by Crippen LogP contribution is 2.17. The topological polar surface area (TPSA) is 55.6 Å². The van der Waals surface area contributed by atoms with Gasteiger partial charge in [-0.25, -0.2) is 0 Å². The van der Waals surface area contributed by atoms with E-state index in [9.17, 15) is 4.79 Å². The van der Waals surface area contributed by atoms with E-state index < -0.39 is 5.54 Å². The zero-order chi connectivity index (χ0) is 15.7. The first-order valence-electron chi connectivity index (χ1n) is 7.68. The van der Waals surface area contributed by atoms with Crippen LogP contribution in [0, 0.1) is 0 Å². The second-order valence-corrected chi connectivity index (χ2v) is 5.69. The van der Waals surface area contributed by atoms with Gasteiger partial charge in [-0.15, -0.1) is 0 Å². The minimum atomic E-state index is -0.901. The predicted octanol–water partition coefficient (Wildman–Crippen LogP) is 2.96. The van der Waals surface area contributed by atoms with Crippen molar-refractivity contribution in [3.8, 4) is 0 Å². The molecule has 118 valence electrons. The molecule has 0 aliphatic rings. The van der Waals surface area contributed by atoms with E-state index in [1.54, 1.807) is 6.92 Å². The fraction of sp³-hybridized carbons (Fsp3) is 0.588. The predicted molar refractivity (Wildman–Crippen MR) is 87.4 cm³/mol. The Morgan fingerprint density at radius 2 is 1.86 bits per heavy atom. The summed E-state index contributed by atoms with van der Waals surface area (Å²) >= 11 is 0. The zero-order valence-electron chi connectivity index (χ0n) is 13.5. The molecule has 0 saturated carbocycles. The van der Waals surface area contributed by atoms with Gasteiger partial charge in [0.15, 0.2) is 0 Å². The van der Waals surface area contributed by atoms with E-state index in [0.717, 1.165) is 25.9 Å². The lowest BCUT2D eigenvalue weighted by Crippen LogP contribution is -2.46. The average Bonchev–Trinajstić information content (AvgIpc) is 2.50. The Labute approximate surface area is 128 Å². The quantitative estimate of drug-likeness (QED) is 0.711. The summed E-state index contributed by atoms with van der Waals surface area (Å²) in [5.74, 6) is -0.345. The monoisotopic (exact) mass is 292 g/mol. The summed E-state index contributed by atoms with van der Waals surface area (Å²) in [7, 11) is 1.38. The molecule has 1 aromatic rings. The second-order valence-electron chi connectivity index (χ2n) is 5.69. The molecule has 0 saturated heterocycles. The second kappa shape index (κ2) is 8.67. The molecule has 0 aliphatic heterocycles. The van der Waals surface area contributed by atoms with Crippen LogP contribution in [0.3, 0.4) is 0 Å². The number of methoxy groups -OCH3 is 1. The number of carbonyl (C=O) groups is 1. The summed E-state index contributed by atoms with van der Waals surface area (Å²) < 4.78 is 4.74. The van der Waals surface area contributed by atoms with E-state index in [4.69, 9.17) is 10.5 Å². The molecule has 4 nitrogen and oxygen atoms in total. The smallest absolute Gasteiger partial charge is 0.325 e. The van der Waals surface area contributed by atoms with Crippen molar-refractivity contribution in [1.29, 1.82) is 0 Å². The highest BCUT2D eigenvalue weighted by Gasteiger charge is 2.28. The minimum Gasteiger partial charge on any atom is -0.468 e. The third kappa shape index (κ3) is 5.76. The average molecular weight is 292 g/mol. The van der Waals surface area contributed by atoms with Gasteiger partial charge in [-0.3, -0.25) is 4.79 Å². The van der Waals surface area contributed by atoms with Crippen LogP contribution in [-0.2, 0) is 9.53 Å². The third-order valence-electron chi connectivity index (χ3n) is 3.68. The van der Waals surface area contributed by atoms with Crippen LogP contribution in [0.2, 0.25) is 0 Å². The van der Waals surface area contributed by atoms with E-state index in [2.05, 4.69) is 36.1 Å². The Balaban J connectivity index is 2.56. The van der Waals surface area contributed by atoms with Gasteiger partial charge in [0.25, 0.3) is 0 Å². The Hall–Kier alpha value is -1.55. The summed E-state index contributed by atoms with van der Waals surface area (Å²) in [5, 5.41) is 0. The fourth-order valence-corrected chi connectivity index (χ4v) is 2.33. The fourth-order valence-electron chi connectivity index (χ4n) is 2.33. The first-order chi connectivity index (χ1) is 10.0. The first kappa shape index (κ1) is 17.5. The van der Waals surface area contributed by atoms with E-state index in [-0.39, 0.29) is 5.97 Å². The summed E-state index contributed by atoms with van der Waals surface area (Å²) in [4.78, 5) is 13.9. The molecule has 1 aromatic carbocycles. The Morgan fingerprint density at radius 3 is 2.43 bits per heavy atom. The van der Waals surface area contributed by atoms with Crippen molar-refractivity contribution < 1.29 is 9.53 Å². The van der Waals surface area contributed by atoms with Gasteiger partial charge in [0, 0.05) is 18.8 Å². The molecule has 0 radical (unpaired) electrons. The van der Waals surface area contributed by atoms with Gasteiger partial charge in [-0.1, -0.05) is 31.5 Å². The molecule has 0 bridgehead atoms. The molecular weight excluding hydrogens is 264 g/mol. The molecule has 21 heavy (non-hydrogen) atoms. The highest BCUT2D eigenvalue weighted by molar-refractivity contribution is 5.79. The van der Waals surface area contributed by atoms with Gasteiger partial charge < -0.3 is 15.4 Å². The molecule has 1 atom stereocenters. The van der Waals surface area contributed by atoms with Crippen molar-refractivity contribution in [2.24, 2.45) is 5.73 Å². The van der Waals surface area contributed by atoms with Crippen LogP contribution in [-0.4, -0.2) is 31.7 Å². The van der Waals surface area contributed by atoms with Crippen LogP contribution in [0.15, 0.2) is 30.3 Å². The van der Waals surface area contributed by atoms with Gasteiger partial charge in [-0.05, 0) is 38.3 Å². The standard InChI is InChI=1S/C17H28N2O2/c1-4-5-13-19(15-10-7-6-8-11-15)14-9-12-17(2,18)16(20)21-3/h6-8,10-11H,4-5,9,12-14,18H2,1-3H3. The van der Waals surface area contributed by atoms with Crippen LogP contribution in [0.1, 0.15) is 39.5 Å². The number of rotatable bonds is 9. The normalized spacial score (nSPS) is 13.5. The molecule has 0 spiro atoms. The van der Waals surface area contributed by atoms with Gasteiger partial charge in [0.1, 0.15) is 5.54 Å². The molecule has 0 fully saturated rings. The van der Waals surface area contributed by atoms with Crippen molar-refractivity contribution in [3.05, 3.63) is 30.3 Å². The maximum atomic E-state index is 11.6. The number of esters is 1. The maximum absolute atomic E-state index is 11.6. The summed E-state index contributed by atoms with van der Waals surface area (Å²) in [5.41, 5.74) is 6.33. The van der Waals surface area contributed by atoms with Crippen LogP contribution < -0.4 is 10.6 Å². The largest absolute Gasteiger partial charge is 0.468 e. The van der Waals surface area contributed by atoms with Crippen LogP contribution in [0.25, 0.3) is 0 Å². The molecule has 4 heteroatoms. The lowest BCUT2D eigenvalue weighted by molar-refractivity contribution is -0.146. The van der Waals surface area contributed by atoms with Crippen molar-refractivity contribution in [3.63, 3.8) is 0 Å². The van der Waals surface area contributed by atoms with Gasteiger partial charge in [-0.2, -0.15) is 0 Å². The van der Waals surface area contributed by atoms with Gasteiger partial charge >= 0.3 is 5.97 Å². The van der Waals surface area contributed by atoms with Crippen LogP contribution in [0.4, 0.5) is 5.69 Å². The van der Waals surface area contributed by atoms with Crippen molar-refractivity contribution >= 4 is 11.7 Å². The number of carbonyl (C=O) groups excluding carboxylic acids is 1. The van der Waals surface area contributed by atoms with Gasteiger partial charge in [0.2, 0.25) is 0 Å². The van der Waals surface area contributed by atoms with E-state index in [1.807, 2.05) is 6.07 Å². The van der Waals surface area contributed by atoms with Gasteiger partial charge in [0.05, 0.1) is 7.11 Å². The molecular formula is C17H28N2O2. The number of hydrogen-bond donors (Lipinski definition) is 1. The number of anilines is 1. The van der Waals surface area contributed by atoms with Crippen molar-refractivity contribution in [2.45, 2.75) is 45.1 Å². The Bertz CT molecular complexity index is 418. The summed E-state index contributed by atoms with van der Waals surface area (Å²) in [6.07, 6.45) is 3.81. The van der Waals surface area contributed by atoms with Crippen LogP contribution in [0.5, 0.6) is 0 Å². The molecule has 0 aromatic heterocycles. The first-order valence-corrected chi connectivity index (χ1v) is 7.68. The molecule has 0 aliphatic carbocycles. The molecule has 1 rings (SSSR count). The van der Waals surface area contributed by atoms with Crippen LogP contribution >= 0.6 is 0 Å². The number of unbranched alkanes of at least 4 members (excludes halogenated alkanes) is 1. The number of ether oxygens (including phenoxy) is 1. The summed E-state index contributed by atoms with van der Waals surface area (Å²) in [6, 6.07) is 10.4. The van der Waals surface area contributed by atoms with E-state index in [1.165, 1.54) is 19.2 Å². The molecule has 0 amide bonds. The SMILES string of the molecule is CCCCN(CCCC(C)(N)C(=O)OC)c1ccccc1. The third-order valence-corrected chi connectivity index (χ3v) is 3.68. The summed E-state index contributed by atoms with van der Waals surface area (Å²) in [6.45, 7) is 5.85. The number of benzene rings is 1. The highest BCUT2D eigenvalue weighted by atomic mass is 16.5.